The Balaban J connectivity index is 1.14. The molecule has 4 heterocycles. The van der Waals surface area contributed by atoms with E-state index in [-0.39, 0.29) is 0 Å². The van der Waals surface area contributed by atoms with E-state index in [2.05, 4.69) is 137 Å². The van der Waals surface area contributed by atoms with Crippen molar-refractivity contribution < 1.29 is 18.9 Å². The lowest BCUT2D eigenvalue weighted by molar-refractivity contribution is 0.260. The van der Waals surface area contributed by atoms with Gasteiger partial charge in [0, 0.05) is 46.1 Å². The van der Waals surface area contributed by atoms with Gasteiger partial charge in [-0.2, -0.15) is 8.75 Å². The zero-order valence-electron chi connectivity index (χ0n) is 48.4. The third kappa shape index (κ3) is 15.4. The van der Waals surface area contributed by atoms with Gasteiger partial charge in [-0.25, -0.2) is 0 Å². The third-order valence-electron chi connectivity index (χ3n) is 15.4. The zero-order valence-corrected chi connectivity index (χ0v) is 51.6. The molecule has 0 atom stereocenters. The Morgan fingerprint density at radius 2 is 0.787 bits per heavy atom. The molecule has 9 rings (SSSR count). The lowest BCUT2D eigenvalue weighted by Gasteiger charge is -2.20. The van der Waals surface area contributed by atoms with E-state index in [1.807, 2.05) is 11.3 Å². The summed E-state index contributed by atoms with van der Waals surface area (Å²) in [4.78, 5) is 4.54. The molecule has 0 aliphatic carbocycles. The molecule has 80 heavy (non-hydrogen) atoms. The molecule has 0 unspecified atom stereocenters. The van der Waals surface area contributed by atoms with Crippen LogP contribution in [0.3, 0.4) is 0 Å². The number of aromatic nitrogens is 2. The van der Waals surface area contributed by atoms with Crippen molar-refractivity contribution in [1.82, 2.24) is 8.75 Å². The van der Waals surface area contributed by atoms with Crippen LogP contribution in [0.15, 0.2) is 109 Å². The maximum absolute atomic E-state index is 7.20. The normalized spacial score (nSPS) is 11.7. The molecule has 4 aromatic heterocycles. The fourth-order valence-electron chi connectivity index (χ4n) is 10.9. The molecular weight excluding hydrogens is 1060 g/mol. The van der Waals surface area contributed by atoms with Gasteiger partial charge in [-0.1, -0.05) is 223 Å². The van der Waals surface area contributed by atoms with Crippen LogP contribution >= 0.6 is 45.7 Å². The summed E-state index contributed by atoms with van der Waals surface area (Å²) in [5.41, 5.74) is 8.30. The van der Waals surface area contributed by atoms with Gasteiger partial charge in [0.15, 0.2) is 11.5 Å². The van der Waals surface area contributed by atoms with Gasteiger partial charge in [0.2, 0.25) is 0 Å². The molecule has 5 aromatic carbocycles. The van der Waals surface area contributed by atoms with Crippen LogP contribution in [-0.2, 0) is 0 Å². The Labute approximate surface area is 494 Å². The maximum Gasteiger partial charge on any atom is 0.172 e. The molecule has 0 aliphatic heterocycles. The van der Waals surface area contributed by atoms with Crippen molar-refractivity contribution in [3.8, 4) is 75.9 Å². The molecule has 0 radical (unpaired) electrons. The van der Waals surface area contributed by atoms with Gasteiger partial charge in [0.05, 0.1) is 54.0 Å². The Hall–Kier alpha value is -5.26. The monoisotopic (exact) mass is 1150 g/mol. The molecule has 0 spiro atoms. The van der Waals surface area contributed by atoms with Crippen molar-refractivity contribution in [3.05, 3.63) is 109 Å². The largest absolute Gasteiger partial charge is 0.493 e. The van der Waals surface area contributed by atoms with E-state index >= 15 is 0 Å². The van der Waals surface area contributed by atoms with Crippen LogP contribution in [0.1, 0.15) is 182 Å². The van der Waals surface area contributed by atoms with E-state index in [1.165, 1.54) is 163 Å². The molecule has 0 amide bonds. The van der Waals surface area contributed by atoms with Crippen LogP contribution in [0.2, 0.25) is 0 Å². The highest BCUT2D eigenvalue weighted by molar-refractivity contribution is 7.26. The standard InChI is InChI=1S/C70H86N2O4S4/c1-5-9-13-17-21-31-45-73-57-50-62-55(54-40-39-53(51-35-27-25-28-36-51)67(70(54)79-62)74-46-32-22-18-14-10-6-2)49-56(57)59-42-44-61(78-59)64-66-65(71-80-72-66)63(60-43-41-58(77-60)52-37-29-26-30-38-52)68(75-47-33-23-19-15-11-7-3)69(64)76-48-34-24-20-16-12-8-4/h25-30,35-44,49-50H,5-24,31-34,45-48H2,1-4H3. The molecule has 0 N–H and O–H groups in total. The summed E-state index contributed by atoms with van der Waals surface area (Å²) in [5, 5.41) is 2.44. The van der Waals surface area contributed by atoms with Gasteiger partial charge >= 0.3 is 0 Å². The zero-order chi connectivity index (χ0) is 55.1. The van der Waals surface area contributed by atoms with Crippen LogP contribution in [0.4, 0.5) is 0 Å². The Morgan fingerprint density at radius 3 is 1.31 bits per heavy atom. The van der Waals surface area contributed by atoms with Crippen LogP contribution in [0, 0.1) is 0 Å². The first-order valence-corrected chi connectivity index (χ1v) is 34.0. The van der Waals surface area contributed by atoms with E-state index in [4.69, 9.17) is 27.7 Å². The first kappa shape index (κ1) is 59.4. The van der Waals surface area contributed by atoms with Gasteiger partial charge in [-0.05, 0) is 79.3 Å². The lowest BCUT2D eigenvalue weighted by atomic mass is 10.0. The van der Waals surface area contributed by atoms with Crippen molar-refractivity contribution >= 4 is 76.9 Å². The van der Waals surface area contributed by atoms with Crippen LogP contribution in [0.5, 0.6) is 23.0 Å². The van der Waals surface area contributed by atoms with E-state index in [0.717, 1.165) is 109 Å². The van der Waals surface area contributed by atoms with Crippen LogP contribution in [-0.4, -0.2) is 35.2 Å². The summed E-state index contributed by atoms with van der Waals surface area (Å²) >= 11 is 6.68. The number of hydrogen-bond donors (Lipinski definition) is 0. The molecule has 0 bridgehead atoms. The predicted molar refractivity (Wildman–Crippen MR) is 349 cm³/mol. The number of ether oxygens (including phenoxy) is 4. The van der Waals surface area contributed by atoms with Crippen molar-refractivity contribution in [2.24, 2.45) is 0 Å². The number of hydrogen-bond acceptors (Lipinski definition) is 10. The predicted octanol–water partition coefficient (Wildman–Crippen LogP) is 23.5. The minimum atomic E-state index is 0.599. The van der Waals surface area contributed by atoms with E-state index < -0.39 is 0 Å². The number of thiophene rings is 3. The average Bonchev–Trinajstić information content (AvgIpc) is 4.42. The SMILES string of the molecule is CCCCCCCCOc1cc2sc3c(OCCCCCCCC)c(-c4ccccc4)ccc3c2cc1-c1ccc(-c2c(OCCCCCCCC)c(OCCCCCCCC)c(-c3ccc(-c4ccccc4)s3)c3nsnc23)s1. The Kier molecular flexibility index (Phi) is 23.6. The quantitative estimate of drug-likeness (QED) is 0.0362. The summed E-state index contributed by atoms with van der Waals surface area (Å²) in [7, 11) is 0. The summed E-state index contributed by atoms with van der Waals surface area (Å²) in [6, 6.07) is 39.8. The minimum Gasteiger partial charge on any atom is -0.493 e. The summed E-state index contributed by atoms with van der Waals surface area (Å²) in [5.74, 6) is 3.48. The third-order valence-corrected chi connectivity index (χ3v) is 19.4. The van der Waals surface area contributed by atoms with Crippen LogP contribution < -0.4 is 18.9 Å². The summed E-state index contributed by atoms with van der Waals surface area (Å²) in [6.45, 7) is 11.7. The van der Waals surface area contributed by atoms with Gasteiger partial charge in [-0.3, -0.25) is 0 Å². The molecular formula is C70H86N2O4S4. The second kappa shape index (κ2) is 31.8. The van der Waals surface area contributed by atoms with Crippen molar-refractivity contribution in [2.75, 3.05) is 26.4 Å². The number of unbranched alkanes of at least 4 members (excludes halogenated alkanes) is 20. The first-order valence-electron chi connectivity index (χ1n) is 30.8. The number of fused-ring (bicyclic) bond motifs is 4. The van der Waals surface area contributed by atoms with Gasteiger partial charge < -0.3 is 18.9 Å². The Bertz CT molecular complexity index is 3260. The molecule has 6 nitrogen and oxygen atoms in total. The molecule has 0 saturated carbocycles. The molecule has 10 heteroatoms. The molecule has 424 valence electrons. The van der Waals surface area contributed by atoms with Crippen molar-refractivity contribution in [2.45, 2.75) is 182 Å². The second-order valence-corrected chi connectivity index (χ2v) is 25.4. The number of nitrogens with zero attached hydrogens (tertiary/aromatic N) is 2. The van der Waals surface area contributed by atoms with Gasteiger partial charge in [0.1, 0.15) is 22.5 Å². The van der Waals surface area contributed by atoms with E-state index in [0.29, 0.717) is 26.4 Å². The molecule has 9 aromatic rings. The smallest absolute Gasteiger partial charge is 0.172 e. The summed E-state index contributed by atoms with van der Waals surface area (Å²) in [6.07, 6.45) is 28.8. The van der Waals surface area contributed by atoms with E-state index in [1.54, 1.807) is 22.7 Å². The molecule has 0 aliphatic rings. The van der Waals surface area contributed by atoms with Crippen molar-refractivity contribution in [3.63, 3.8) is 0 Å². The van der Waals surface area contributed by atoms with Gasteiger partial charge in [0.25, 0.3) is 0 Å². The van der Waals surface area contributed by atoms with Crippen LogP contribution in [0.25, 0.3) is 84.1 Å². The highest BCUT2D eigenvalue weighted by Gasteiger charge is 2.30. The average molecular weight is 1150 g/mol. The second-order valence-electron chi connectivity index (χ2n) is 21.7. The highest BCUT2D eigenvalue weighted by Crippen LogP contribution is 2.55. The fraction of sp³-hybridized carbons (Fsp3) is 0.457. The van der Waals surface area contributed by atoms with E-state index in [9.17, 15) is 0 Å². The maximum atomic E-state index is 7.20. The Morgan fingerprint density at radius 1 is 0.350 bits per heavy atom. The molecule has 0 saturated heterocycles. The topological polar surface area (TPSA) is 62.7 Å². The fourth-order valence-corrected chi connectivity index (χ4v) is 14.8. The number of benzene rings is 5. The van der Waals surface area contributed by atoms with Crippen molar-refractivity contribution in [1.29, 1.82) is 0 Å². The van der Waals surface area contributed by atoms with Gasteiger partial charge in [-0.15, -0.1) is 34.0 Å². The minimum absolute atomic E-state index is 0.599. The number of rotatable bonds is 37. The molecule has 0 fully saturated rings. The first-order chi connectivity index (χ1) is 39.6. The lowest BCUT2D eigenvalue weighted by Crippen LogP contribution is -2.06. The highest BCUT2D eigenvalue weighted by atomic mass is 32.1. The summed E-state index contributed by atoms with van der Waals surface area (Å²) < 4.78 is 40.9.